The first-order chi connectivity index (χ1) is 16.2. The van der Waals surface area contributed by atoms with Gasteiger partial charge in [0.2, 0.25) is 0 Å². The molecule has 1 aliphatic rings. The Morgan fingerprint density at radius 3 is 2.53 bits per heavy atom. The topological polar surface area (TPSA) is 119 Å². The summed E-state index contributed by atoms with van der Waals surface area (Å²) in [6.45, 7) is 2.70. The molecule has 1 saturated heterocycles. The molecular formula is C25H27NO8. The smallest absolute Gasteiger partial charge is 0.338 e. The third-order valence-corrected chi connectivity index (χ3v) is 6.13. The quantitative estimate of drug-likeness (QED) is 0.543. The number of fused-ring (bicyclic) bond motifs is 1. The molecule has 3 aromatic rings. The van der Waals surface area contributed by atoms with Crippen molar-refractivity contribution in [3.63, 3.8) is 0 Å². The molecule has 34 heavy (non-hydrogen) atoms. The number of carbonyl (C=O) groups is 1. The molecule has 2 heterocycles. The van der Waals surface area contributed by atoms with Crippen LogP contribution in [0.2, 0.25) is 0 Å². The number of likely N-dealkylation sites (tertiary alicyclic amines) is 1. The van der Waals surface area contributed by atoms with Crippen molar-refractivity contribution in [1.29, 1.82) is 0 Å². The first kappa shape index (κ1) is 23.4. The fourth-order valence-electron chi connectivity index (χ4n) is 4.49. The molecule has 1 aromatic heterocycles. The van der Waals surface area contributed by atoms with Gasteiger partial charge in [0.05, 0.1) is 19.8 Å². The van der Waals surface area contributed by atoms with E-state index in [9.17, 15) is 19.8 Å². The van der Waals surface area contributed by atoms with Crippen LogP contribution in [0.5, 0.6) is 23.0 Å². The van der Waals surface area contributed by atoms with Gasteiger partial charge in [0.15, 0.2) is 16.9 Å². The number of phenolic OH excluding ortho intramolecular Hbond substituents is 2. The fraction of sp³-hybridized carbons (Fsp3) is 0.360. The summed E-state index contributed by atoms with van der Waals surface area (Å²) in [5.74, 6) is -0.387. The second-order valence-corrected chi connectivity index (χ2v) is 8.42. The number of phenols is 2. The van der Waals surface area contributed by atoms with Crippen LogP contribution in [0, 0.1) is 6.92 Å². The number of likely N-dealkylation sites (N-methyl/N-ethyl adjacent to an activating group) is 1. The highest BCUT2D eigenvalue weighted by Crippen LogP contribution is 2.42. The highest BCUT2D eigenvalue weighted by molar-refractivity contribution is 5.91. The molecule has 0 aliphatic carbocycles. The molecule has 0 bridgehead atoms. The van der Waals surface area contributed by atoms with E-state index < -0.39 is 23.4 Å². The zero-order valence-electron chi connectivity index (χ0n) is 19.5. The second kappa shape index (κ2) is 9.26. The van der Waals surface area contributed by atoms with Gasteiger partial charge in [-0.1, -0.05) is 0 Å². The van der Waals surface area contributed by atoms with E-state index in [2.05, 4.69) is 0 Å². The molecule has 0 amide bonds. The Kier molecular flexibility index (Phi) is 6.39. The molecule has 1 aliphatic heterocycles. The summed E-state index contributed by atoms with van der Waals surface area (Å²) in [5, 5.41) is 21.1. The minimum atomic E-state index is -0.649. The van der Waals surface area contributed by atoms with E-state index in [-0.39, 0.29) is 28.0 Å². The van der Waals surface area contributed by atoms with Crippen LogP contribution in [0.1, 0.15) is 34.0 Å². The van der Waals surface area contributed by atoms with Gasteiger partial charge in [-0.15, -0.1) is 0 Å². The van der Waals surface area contributed by atoms with Gasteiger partial charge in [0.25, 0.3) is 0 Å². The van der Waals surface area contributed by atoms with Crippen molar-refractivity contribution in [1.82, 2.24) is 4.90 Å². The van der Waals surface area contributed by atoms with Crippen LogP contribution in [-0.2, 0) is 4.74 Å². The molecule has 9 nitrogen and oxygen atoms in total. The Morgan fingerprint density at radius 1 is 1.09 bits per heavy atom. The Morgan fingerprint density at radius 2 is 1.82 bits per heavy atom. The number of hydrogen-bond acceptors (Lipinski definition) is 9. The van der Waals surface area contributed by atoms with Crippen molar-refractivity contribution >= 4 is 16.9 Å². The lowest BCUT2D eigenvalue weighted by Crippen LogP contribution is -2.43. The van der Waals surface area contributed by atoms with E-state index >= 15 is 0 Å². The lowest BCUT2D eigenvalue weighted by Gasteiger charge is -2.36. The van der Waals surface area contributed by atoms with Crippen molar-refractivity contribution in [2.45, 2.75) is 25.4 Å². The van der Waals surface area contributed by atoms with Crippen LogP contribution >= 0.6 is 0 Å². The monoisotopic (exact) mass is 469 g/mol. The number of esters is 1. The summed E-state index contributed by atoms with van der Waals surface area (Å²) >= 11 is 0. The third kappa shape index (κ3) is 4.26. The van der Waals surface area contributed by atoms with E-state index in [0.29, 0.717) is 42.3 Å². The van der Waals surface area contributed by atoms with E-state index in [4.69, 9.17) is 18.6 Å². The summed E-state index contributed by atoms with van der Waals surface area (Å²) < 4.78 is 22.2. The molecule has 2 aromatic carbocycles. The lowest BCUT2D eigenvalue weighted by molar-refractivity contribution is 0.00192. The second-order valence-electron chi connectivity index (χ2n) is 8.42. The Labute approximate surface area is 196 Å². The van der Waals surface area contributed by atoms with Gasteiger partial charge in [-0.2, -0.15) is 0 Å². The standard InChI is InChI=1S/C25H27NO8/c1-13-9-16(27)23-18(29)11-17(28)22(24(23)33-13)15-7-8-26(2)12-21(15)34-25(30)14-5-6-19(31-3)20(10-14)32-4/h5-6,9-11,15,21,28-29H,7-8,12H2,1-4H3. The van der Waals surface area contributed by atoms with Gasteiger partial charge >= 0.3 is 5.97 Å². The molecule has 0 radical (unpaired) electrons. The fourth-order valence-corrected chi connectivity index (χ4v) is 4.49. The summed E-state index contributed by atoms with van der Waals surface area (Å²) in [6.07, 6.45) is -0.116. The molecule has 180 valence electrons. The third-order valence-electron chi connectivity index (χ3n) is 6.13. The van der Waals surface area contributed by atoms with Gasteiger partial charge in [0.1, 0.15) is 34.3 Å². The SMILES string of the molecule is COc1ccc(C(=O)OC2CN(C)CCC2c2c(O)cc(O)c3c(=O)cc(C)oc23)cc1OC. The van der Waals surface area contributed by atoms with Gasteiger partial charge in [-0.05, 0) is 45.1 Å². The van der Waals surface area contributed by atoms with Gasteiger partial charge in [-0.3, -0.25) is 4.79 Å². The summed E-state index contributed by atoms with van der Waals surface area (Å²) in [7, 11) is 4.90. The van der Waals surface area contributed by atoms with Crippen molar-refractivity contribution in [2.24, 2.45) is 0 Å². The van der Waals surface area contributed by atoms with Gasteiger partial charge in [0, 0.05) is 30.2 Å². The number of aromatic hydroxyl groups is 2. The molecule has 1 fully saturated rings. The van der Waals surface area contributed by atoms with Crippen LogP contribution < -0.4 is 14.9 Å². The average molecular weight is 469 g/mol. The normalized spacial score (nSPS) is 18.6. The number of piperidine rings is 1. The number of carbonyl (C=O) groups excluding carboxylic acids is 1. The maximum absolute atomic E-state index is 13.1. The van der Waals surface area contributed by atoms with Crippen LogP contribution in [0.15, 0.2) is 39.5 Å². The maximum atomic E-state index is 13.1. The Bertz CT molecular complexity index is 1300. The summed E-state index contributed by atoms with van der Waals surface area (Å²) in [5.41, 5.74) is 0.312. The molecule has 4 rings (SSSR count). The van der Waals surface area contributed by atoms with Crippen LogP contribution in [0.4, 0.5) is 0 Å². The number of nitrogens with zero attached hydrogens (tertiary/aromatic N) is 1. The first-order valence-electron chi connectivity index (χ1n) is 10.8. The molecule has 2 unspecified atom stereocenters. The number of ether oxygens (including phenoxy) is 3. The van der Waals surface area contributed by atoms with E-state index in [1.807, 2.05) is 11.9 Å². The highest BCUT2D eigenvalue weighted by Gasteiger charge is 2.36. The van der Waals surface area contributed by atoms with Crippen molar-refractivity contribution in [3.8, 4) is 23.0 Å². The Hall–Kier alpha value is -3.72. The van der Waals surface area contributed by atoms with Crippen molar-refractivity contribution < 1.29 is 33.6 Å². The zero-order valence-corrected chi connectivity index (χ0v) is 19.5. The predicted octanol–water partition coefficient (Wildman–Crippen LogP) is 3.17. The maximum Gasteiger partial charge on any atom is 0.338 e. The predicted molar refractivity (Wildman–Crippen MR) is 124 cm³/mol. The molecule has 2 N–H and O–H groups in total. The van der Waals surface area contributed by atoms with Crippen molar-refractivity contribution in [3.05, 3.63) is 57.4 Å². The van der Waals surface area contributed by atoms with Crippen LogP contribution in [0.3, 0.4) is 0 Å². The van der Waals surface area contributed by atoms with Crippen molar-refractivity contribution in [2.75, 3.05) is 34.4 Å². The first-order valence-corrected chi connectivity index (χ1v) is 10.8. The van der Waals surface area contributed by atoms with E-state index in [0.717, 1.165) is 6.07 Å². The summed E-state index contributed by atoms with van der Waals surface area (Å²) in [4.78, 5) is 27.6. The number of benzene rings is 2. The highest BCUT2D eigenvalue weighted by atomic mass is 16.5. The Balaban J connectivity index is 1.75. The molecule has 0 saturated carbocycles. The van der Waals surface area contributed by atoms with Crippen LogP contribution in [-0.4, -0.2) is 61.5 Å². The summed E-state index contributed by atoms with van der Waals surface area (Å²) in [6, 6.07) is 7.16. The number of rotatable bonds is 5. The molecule has 2 atom stereocenters. The number of hydrogen-bond donors (Lipinski definition) is 2. The minimum absolute atomic E-state index is 0.0118. The number of methoxy groups -OCH3 is 2. The zero-order chi connectivity index (χ0) is 24.6. The largest absolute Gasteiger partial charge is 0.507 e. The molecule has 9 heteroatoms. The molecule has 0 spiro atoms. The van der Waals surface area contributed by atoms with Gasteiger partial charge in [-0.25, -0.2) is 4.79 Å². The average Bonchev–Trinajstić information content (AvgIpc) is 2.79. The number of aryl methyl sites for hydroxylation is 1. The lowest BCUT2D eigenvalue weighted by atomic mass is 9.85. The van der Waals surface area contributed by atoms with E-state index in [1.165, 1.54) is 20.3 Å². The van der Waals surface area contributed by atoms with Crippen LogP contribution in [0.25, 0.3) is 11.0 Å². The van der Waals surface area contributed by atoms with E-state index in [1.54, 1.807) is 25.1 Å². The van der Waals surface area contributed by atoms with Gasteiger partial charge < -0.3 is 33.7 Å². The minimum Gasteiger partial charge on any atom is -0.507 e. The molecular weight excluding hydrogens is 442 g/mol.